The van der Waals surface area contributed by atoms with Crippen molar-refractivity contribution < 1.29 is 14.6 Å². The van der Waals surface area contributed by atoms with E-state index >= 15 is 0 Å². The molecule has 2 aromatic rings. The van der Waals surface area contributed by atoms with Crippen LogP contribution in [0.2, 0.25) is 5.02 Å². The first-order valence-electron chi connectivity index (χ1n) is 5.71. The van der Waals surface area contributed by atoms with Gasteiger partial charge in [-0.15, -0.1) is 0 Å². The molecule has 3 nitrogen and oxygen atoms in total. The predicted octanol–water partition coefficient (Wildman–Crippen LogP) is 4.06. The molecular weight excluding hydrogens is 269 g/mol. The van der Waals surface area contributed by atoms with Crippen LogP contribution in [0.5, 0.6) is 11.5 Å². The van der Waals surface area contributed by atoms with E-state index in [1.807, 2.05) is 6.92 Å². The lowest BCUT2D eigenvalue weighted by atomic mass is 10.1. The average Bonchev–Trinajstić information content (AvgIpc) is 2.32. The minimum Gasteiger partial charge on any atom is -0.508 e. The number of nitrogens with one attached hydrogen (secondary N) is 1. The van der Waals surface area contributed by atoms with Crippen molar-refractivity contribution >= 4 is 17.3 Å². The number of phenols is 2. The number of hydrogen-bond donors (Lipinski definition) is 3. The summed E-state index contributed by atoms with van der Waals surface area (Å²) in [5.74, 6) is -0.429. The molecule has 0 aromatic heterocycles. The molecule has 0 radical (unpaired) electrons. The van der Waals surface area contributed by atoms with Crippen LogP contribution in [0, 0.1) is 5.82 Å². The van der Waals surface area contributed by atoms with E-state index in [0.717, 1.165) is 0 Å². The Hall–Kier alpha value is -1.94. The molecule has 0 aliphatic rings. The Balaban J connectivity index is 2.23. The van der Waals surface area contributed by atoms with Crippen LogP contribution in [0.4, 0.5) is 10.1 Å². The van der Waals surface area contributed by atoms with Gasteiger partial charge >= 0.3 is 0 Å². The number of halogens is 2. The standard InChI is InChI=1S/C14H13ClFNO2/c1-8(11-4-3-10(18)7-14(11)19)17-13-5-2-9(16)6-12(13)15/h2-8,17-19H,1H3. The highest BCUT2D eigenvalue weighted by molar-refractivity contribution is 6.33. The minimum absolute atomic E-state index is 0.00624. The first-order chi connectivity index (χ1) is 8.97. The van der Waals surface area contributed by atoms with Gasteiger partial charge in [0.25, 0.3) is 0 Å². The van der Waals surface area contributed by atoms with E-state index in [4.69, 9.17) is 11.6 Å². The summed E-state index contributed by atoms with van der Waals surface area (Å²) in [5, 5.41) is 22.3. The molecule has 5 heteroatoms. The maximum Gasteiger partial charge on any atom is 0.124 e. The van der Waals surface area contributed by atoms with Gasteiger partial charge in [0.05, 0.1) is 16.8 Å². The van der Waals surface area contributed by atoms with E-state index in [2.05, 4.69) is 5.32 Å². The van der Waals surface area contributed by atoms with Crippen molar-refractivity contribution in [1.82, 2.24) is 0 Å². The van der Waals surface area contributed by atoms with Crippen LogP contribution < -0.4 is 5.32 Å². The Labute approximate surface area is 115 Å². The Morgan fingerprint density at radius 3 is 2.53 bits per heavy atom. The van der Waals surface area contributed by atoms with Gasteiger partial charge in [-0.25, -0.2) is 4.39 Å². The second kappa shape index (κ2) is 5.36. The molecule has 0 bridgehead atoms. The third kappa shape index (κ3) is 3.09. The van der Waals surface area contributed by atoms with Gasteiger partial charge in [-0.2, -0.15) is 0 Å². The molecule has 1 unspecified atom stereocenters. The van der Waals surface area contributed by atoms with Gasteiger partial charge in [0.1, 0.15) is 17.3 Å². The lowest BCUT2D eigenvalue weighted by Crippen LogP contribution is -2.07. The normalized spacial score (nSPS) is 12.2. The zero-order valence-electron chi connectivity index (χ0n) is 10.2. The van der Waals surface area contributed by atoms with Crippen LogP contribution in [0.1, 0.15) is 18.5 Å². The quantitative estimate of drug-likeness (QED) is 0.795. The van der Waals surface area contributed by atoms with Gasteiger partial charge in [0.2, 0.25) is 0 Å². The van der Waals surface area contributed by atoms with Crippen LogP contribution in [0.3, 0.4) is 0 Å². The summed E-state index contributed by atoms with van der Waals surface area (Å²) in [5.41, 5.74) is 1.18. The third-order valence-electron chi connectivity index (χ3n) is 2.78. The maximum atomic E-state index is 12.9. The van der Waals surface area contributed by atoms with E-state index in [0.29, 0.717) is 11.3 Å². The summed E-state index contributed by atoms with van der Waals surface area (Å²) in [4.78, 5) is 0. The fraction of sp³-hybridized carbons (Fsp3) is 0.143. The van der Waals surface area contributed by atoms with E-state index in [-0.39, 0.29) is 22.6 Å². The lowest BCUT2D eigenvalue weighted by molar-refractivity contribution is 0.444. The van der Waals surface area contributed by atoms with Gasteiger partial charge in [-0.05, 0) is 37.3 Å². The van der Waals surface area contributed by atoms with Gasteiger partial charge in [0, 0.05) is 11.6 Å². The zero-order chi connectivity index (χ0) is 14.0. The van der Waals surface area contributed by atoms with E-state index in [1.54, 1.807) is 6.07 Å². The molecule has 0 heterocycles. The number of aromatic hydroxyl groups is 2. The highest BCUT2D eigenvalue weighted by Crippen LogP contribution is 2.32. The zero-order valence-corrected chi connectivity index (χ0v) is 10.9. The molecule has 0 aliphatic heterocycles. The van der Waals surface area contributed by atoms with Gasteiger partial charge in [-0.3, -0.25) is 0 Å². The lowest BCUT2D eigenvalue weighted by Gasteiger charge is -2.18. The van der Waals surface area contributed by atoms with Gasteiger partial charge < -0.3 is 15.5 Å². The highest BCUT2D eigenvalue weighted by atomic mass is 35.5. The van der Waals surface area contributed by atoms with E-state index < -0.39 is 5.82 Å². The average molecular weight is 282 g/mol. The molecule has 0 saturated carbocycles. The largest absolute Gasteiger partial charge is 0.508 e. The van der Waals surface area contributed by atoms with Gasteiger partial charge in [-0.1, -0.05) is 11.6 Å². The molecule has 0 fully saturated rings. The summed E-state index contributed by atoms with van der Waals surface area (Å²) in [6.45, 7) is 1.83. The van der Waals surface area contributed by atoms with Crippen molar-refractivity contribution in [3.63, 3.8) is 0 Å². The Morgan fingerprint density at radius 2 is 1.89 bits per heavy atom. The molecule has 0 saturated heterocycles. The second-order valence-corrected chi connectivity index (χ2v) is 4.64. The smallest absolute Gasteiger partial charge is 0.124 e. The highest BCUT2D eigenvalue weighted by Gasteiger charge is 2.12. The molecule has 3 N–H and O–H groups in total. The molecule has 2 rings (SSSR count). The SMILES string of the molecule is CC(Nc1ccc(F)cc1Cl)c1ccc(O)cc1O. The van der Waals surface area contributed by atoms with E-state index in [9.17, 15) is 14.6 Å². The first kappa shape index (κ1) is 13.5. The third-order valence-corrected chi connectivity index (χ3v) is 3.10. The molecule has 1 atom stereocenters. The maximum absolute atomic E-state index is 12.9. The second-order valence-electron chi connectivity index (χ2n) is 4.23. The van der Waals surface area contributed by atoms with Crippen molar-refractivity contribution in [3.05, 3.63) is 52.8 Å². The van der Waals surface area contributed by atoms with Crippen molar-refractivity contribution in [1.29, 1.82) is 0 Å². The Kier molecular flexibility index (Phi) is 3.81. The topological polar surface area (TPSA) is 52.5 Å². The molecule has 0 aliphatic carbocycles. The molecule has 2 aromatic carbocycles. The fourth-order valence-corrected chi connectivity index (χ4v) is 2.04. The number of anilines is 1. The molecule has 0 spiro atoms. The van der Waals surface area contributed by atoms with Crippen molar-refractivity contribution in [2.24, 2.45) is 0 Å². The Morgan fingerprint density at radius 1 is 1.16 bits per heavy atom. The molecule has 0 amide bonds. The van der Waals surface area contributed by atoms with E-state index in [1.165, 1.54) is 30.3 Å². The Bertz CT molecular complexity index is 604. The monoisotopic (exact) mass is 281 g/mol. The number of rotatable bonds is 3. The minimum atomic E-state index is -0.407. The van der Waals surface area contributed by atoms with Crippen molar-refractivity contribution in [3.8, 4) is 11.5 Å². The van der Waals surface area contributed by atoms with Crippen LogP contribution in [0.25, 0.3) is 0 Å². The van der Waals surface area contributed by atoms with Crippen LogP contribution in [-0.4, -0.2) is 10.2 Å². The molecular formula is C14H13ClFNO2. The summed E-state index contributed by atoms with van der Waals surface area (Å²) < 4.78 is 12.9. The number of benzene rings is 2. The number of hydrogen-bond acceptors (Lipinski definition) is 3. The van der Waals surface area contributed by atoms with Crippen LogP contribution in [0.15, 0.2) is 36.4 Å². The summed E-state index contributed by atoms with van der Waals surface area (Å²) in [6.07, 6.45) is 0. The fourth-order valence-electron chi connectivity index (χ4n) is 1.82. The summed E-state index contributed by atoms with van der Waals surface area (Å²) >= 11 is 5.92. The van der Waals surface area contributed by atoms with Gasteiger partial charge in [0.15, 0.2) is 0 Å². The number of phenolic OH excluding ortho intramolecular Hbond substituents is 2. The predicted molar refractivity (Wildman–Crippen MR) is 73.2 cm³/mol. The van der Waals surface area contributed by atoms with Crippen molar-refractivity contribution in [2.75, 3.05) is 5.32 Å². The molecule has 19 heavy (non-hydrogen) atoms. The molecule has 100 valence electrons. The van der Waals surface area contributed by atoms with Crippen LogP contribution in [-0.2, 0) is 0 Å². The first-order valence-corrected chi connectivity index (χ1v) is 6.08. The summed E-state index contributed by atoms with van der Waals surface area (Å²) in [7, 11) is 0. The van der Waals surface area contributed by atoms with Crippen molar-refractivity contribution in [2.45, 2.75) is 13.0 Å². The van der Waals surface area contributed by atoms with Crippen LogP contribution >= 0.6 is 11.6 Å². The summed E-state index contributed by atoms with van der Waals surface area (Å²) in [6, 6.07) is 8.17.